The van der Waals surface area contributed by atoms with Crippen molar-refractivity contribution >= 4 is 0 Å². The van der Waals surface area contributed by atoms with Gasteiger partial charge in [0.15, 0.2) is 5.82 Å². The number of aromatic nitrogens is 4. The fourth-order valence-corrected chi connectivity index (χ4v) is 2.92. The van der Waals surface area contributed by atoms with E-state index in [2.05, 4.69) is 37.8 Å². The number of hydrogen-bond acceptors (Lipinski definition) is 5. The van der Waals surface area contributed by atoms with Crippen LogP contribution in [-0.2, 0) is 0 Å². The summed E-state index contributed by atoms with van der Waals surface area (Å²) in [5.74, 6) is 1.57. The third-order valence-electron chi connectivity index (χ3n) is 3.85. The van der Waals surface area contributed by atoms with Crippen LogP contribution in [-0.4, -0.2) is 51.2 Å². The fraction of sp³-hybridized carbons (Fsp3) is 0.900. The van der Waals surface area contributed by atoms with E-state index in [0.29, 0.717) is 6.04 Å². The summed E-state index contributed by atoms with van der Waals surface area (Å²) >= 11 is 0. The van der Waals surface area contributed by atoms with Crippen LogP contribution in [0.4, 0.5) is 0 Å². The number of nitrogens with one attached hydrogen (secondary N) is 2. The molecule has 2 N–H and O–H groups in total. The third kappa shape index (κ3) is 1.82. The maximum Gasteiger partial charge on any atom is 0.191 e. The largest absolute Gasteiger partial charge is 0.304 e. The number of rotatable bonds is 3. The maximum atomic E-state index is 4.02. The van der Waals surface area contributed by atoms with Crippen LogP contribution >= 0.6 is 0 Å². The van der Waals surface area contributed by atoms with Gasteiger partial charge in [-0.1, -0.05) is 5.21 Å². The van der Waals surface area contributed by atoms with Gasteiger partial charge in [0.05, 0.1) is 6.04 Å². The molecule has 2 fully saturated rings. The van der Waals surface area contributed by atoms with E-state index in [1.54, 1.807) is 0 Å². The monoisotopic (exact) mass is 222 g/mol. The van der Waals surface area contributed by atoms with Gasteiger partial charge in [-0.25, -0.2) is 0 Å². The van der Waals surface area contributed by atoms with Gasteiger partial charge in [-0.15, -0.1) is 10.2 Å². The molecule has 3 heterocycles. The molecule has 2 aliphatic heterocycles. The molecular weight excluding hydrogens is 204 g/mol. The number of hydrogen-bond donors (Lipinski definition) is 2. The van der Waals surface area contributed by atoms with Crippen molar-refractivity contribution in [2.75, 3.05) is 19.6 Å². The van der Waals surface area contributed by atoms with E-state index in [1.807, 2.05) is 0 Å². The molecule has 6 nitrogen and oxygen atoms in total. The Morgan fingerprint density at radius 2 is 2.31 bits per heavy atom. The van der Waals surface area contributed by atoms with Crippen LogP contribution in [0.15, 0.2) is 0 Å². The van der Waals surface area contributed by atoms with Crippen LogP contribution in [0.25, 0.3) is 0 Å². The topological polar surface area (TPSA) is 69.7 Å². The van der Waals surface area contributed by atoms with E-state index in [-0.39, 0.29) is 6.04 Å². The van der Waals surface area contributed by atoms with E-state index in [4.69, 9.17) is 0 Å². The van der Waals surface area contributed by atoms with E-state index >= 15 is 0 Å². The zero-order valence-corrected chi connectivity index (χ0v) is 9.56. The van der Waals surface area contributed by atoms with Crippen LogP contribution in [0.3, 0.4) is 0 Å². The Bertz CT molecular complexity index is 337. The van der Waals surface area contributed by atoms with Gasteiger partial charge in [0.2, 0.25) is 0 Å². The predicted octanol–water partition coefficient (Wildman–Crippen LogP) is -0.0555. The Morgan fingerprint density at radius 3 is 3.12 bits per heavy atom. The van der Waals surface area contributed by atoms with Crippen molar-refractivity contribution in [3.05, 3.63) is 5.82 Å². The molecule has 1 aromatic heterocycles. The molecule has 2 aliphatic rings. The second-order valence-corrected chi connectivity index (χ2v) is 4.90. The van der Waals surface area contributed by atoms with Crippen molar-refractivity contribution in [3.63, 3.8) is 0 Å². The Balaban J connectivity index is 1.62. The van der Waals surface area contributed by atoms with Gasteiger partial charge in [0.25, 0.3) is 0 Å². The molecule has 4 unspecified atom stereocenters. The van der Waals surface area contributed by atoms with Crippen molar-refractivity contribution in [2.45, 2.75) is 31.8 Å². The summed E-state index contributed by atoms with van der Waals surface area (Å²) in [5, 5.41) is 17.8. The quantitative estimate of drug-likeness (QED) is 0.750. The zero-order chi connectivity index (χ0) is 11.0. The number of fused-ring (bicyclic) bond motifs is 2. The Labute approximate surface area is 94.8 Å². The van der Waals surface area contributed by atoms with Gasteiger partial charge in [0, 0.05) is 12.6 Å². The molecule has 0 radical (unpaired) electrons. The molecule has 0 aliphatic carbocycles. The van der Waals surface area contributed by atoms with Gasteiger partial charge in [-0.3, -0.25) is 0 Å². The normalized spacial score (nSPS) is 35.2. The second kappa shape index (κ2) is 4.10. The van der Waals surface area contributed by atoms with E-state index in [1.165, 1.54) is 32.5 Å². The molecule has 0 aromatic carbocycles. The molecule has 0 amide bonds. The van der Waals surface area contributed by atoms with Crippen molar-refractivity contribution in [1.82, 2.24) is 30.8 Å². The molecule has 2 bridgehead atoms. The molecule has 1 aromatic rings. The minimum Gasteiger partial charge on any atom is -0.304 e. The maximum absolute atomic E-state index is 4.02. The summed E-state index contributed by atoms with van der Waals surface area (Å²) in [5.41, 5.74) is 0. The Kier molecular flexibility index (Phi) is 2.61. The van der Waals surface area contributed by atoms with Crippen LogP contribution in [0.2, 0.25) is 0 Å². The van der Waals surface area contributed by atoms with Crippen LogP contribution in [0.1, 0.15) is 31.6 Å². The van der Waals surface area contributed by atoms with Gasteiger partial charge in [-0.05, 0) is 38.8 Å². The predicted molar refractivity (Wildman–Crippen MR) is 58.7 cm³/mol. The first-order valence-corrected chi connectivity index (χ1v) is 6.04. The number of nitrogens with zero attached hydrogens (tertiary/aromatic N) is 4. The molecule has 0 saturated carbocycles. The van der Waals surface area contributed by atoms with Crippen LogP contribution < -0.4 is 5.32 Å². The first-order valence-electron chi connectivity index (χ1n) is 6.04. The number of piperidine rings is 1. The summed E-state index contributed by atoms with van der Waals surface area (Å²) in [4.78, 5) is 2.56. The molecule has 2 saturated heterocycles. The summed E-state index contributed by atoms with van der Waals surface area (Å²) < 4.78 is 0. The number of aromatic amines is 1. The highest BCUT2D eigenvalue weighted by Crippen LogP contribution is 2.28. The minimum atomic E-state index is 0.191. The van der Waals surface area contributed by atoms with E-state index < -0.39 is 0 Å². The van der Waals surface area contributed by atoms with Gasteiger partial charge < -0.3 is 10.2 Å². The van der Waals surface area contributed by atoms with Crippen molar-refractivity contribution in [1.29, 1.82) is 0 Å². The molecule has 88 valence electrons. The third-order valence-corrected chi connectivity index (χ3v) is 3.85. The summed E-state index contributed by atoms with van der Waals surface area (Å²) in [6, 6.07) is 0.808. The smallest absolute Gasteiger partial charge is 0.191 e. The zero-order valence-electron chi connectivity index (χ0n) is 9.56. The fourth-order valence-electron chi connectivity index (χ4n) is 2.92. The number of tetrazole rings is 1. The van der Waals surface area contributed by atoms with Gasteiger partial charge in [-0.2, -0.15) is 5.21 Å². The first-order chi connectivity index (χ1) is 7.83. The lowest BCUT2D eigenvalue weighted by atomic mass is 9.93. The molecule has 0 spiro atoms. The molecule has 3 rings (SSSR count). The molecular formula is C10H18N6. The highest BCUT2D eigenvalue weighted by molar-refractivity contribution is 4.95. The minimum absolute atomic E-state index is 0.191. The van der Waals surface area contributed by atoms with Crippen molar-refractivity contribution < 1.29 is 0 Å². The Hall–Kier alpha value is -1.01. The summed E-state index contributed by atoms with van der Waals surface area (Å²) in [6.07, 6.45) is 2.57. The van der Waals surface area contributed by atoms with E-state index in [9.17, 15) is 0 Å². The summed E-state index contributed by atoms with van der Waals surface area (Å²) in [7, 11) is 0. The highest BCUT2D eigenvalue weighted by atomic mass is 15.5. The van der Waals surface area contributed by atoms with Crippen molar-refractivity contribution in [2.24, 2.45) is 5.92 Å². The molecule has 16 heavy (non-hydrogen) atoms. The molecule has 6 heteroatoms. The number of H-pyrrole nitrogens is 1. The SMILES string of the molecule is CC(NC1CCN2CCC1C2)c1nn[nH]n1. The molecule has 4 atom stereocenters. The average molecular weight is 222 g/mol. The average Bonchev–Trinajstić information content (AvgIpc) is 2.93. The van der Waals surface area contributed by atoms with Gasteiger partial charge >= 0.3 is 0 Å². The highest BCUT2D eigenvalue weighted by Gasteiger charge is 2.34. The second-order valence-electron chi connectivity index (χ2n) is 4.90. The Morgan fingerprint density at radius 1 is 1.44 bits per heavy atom. The lowest BCUT2D eigenvalue weighted by Gasteiger charge is -2.32. The van der Waals surface area contributed by atoms with E-state index in [0.717, 1.165) is 11.7 Å². The van der Waals surface area contributed by atoms with Gasteiger partial charge in [0.1, 0.15) is 0 Å². The van der Waals surface area contributed by atoms with Crippen molar-refractivity contribution in [3.8, 4) is 0 Å². The first kappa shape index (κ1) is 10.2. The van der Waals surface area contributed by atoms with Crippen LogP contribution in [0.5, 0.6) is 0 Å². The lowest BCUT2D eigenvalue weighted by Crippen LogP contribution is -2.44. The van der Waals surface area contributed by atoms with Crippen LogP contribution in [0, 0.1) is 5.92 Å². The lowest BCUT2D eigenvalue weighted by molar-refractivity contribution is 0.211. The standard InChI is InChI=1S/C10H18N6/c1-7(10-12-14-15-13-10)11-9-3-5-16-4-2-8(9)6-16/h7-9,11H,2-6H2,1H3,(H,12,13,14,15). The summed E-state index contributed by atoms with van der Waals surface area (Å²) in [6.45, 7) is 5.87.